The van der Waals surface area contributed by atoms with Crippen molar-refractivity contribution in [3.8, 4) is 0 Å². The Kier molecular flexibility index (Phi) is 2.77. The fourth-order valence-electron chi connectivity index (χ4n) is 1.59. The Morgan fingerprint density at radius 1 is 1.18 bits per heavy atom. The highest BCUT2D eigenvalue weighted by molar-refractivity contribution is 7.86. The van der Waals surface area contributed by atoms with Crippen LogP contribution in [0.15, 0.2) is 46.3 Å². The van der Waals surface area contributed by atoms with Gasteiger partial charge in [0.25, 0.3) is 10.1 Å². The van der Waals surface area contributed by atoms with Crippen LogP contribution in [0.1, 0.15) is 0 Å². The molecule has 0 aliphatic carbocycles. The van der Waals surface area contributed by atoms with Crippen molar-refractivity contribution in [3.63, 3.8) is 0 Å². The molecule has 5 nitrogen and oxygen atoms in total. The molecule has 0 radical (unpaired) electrons. The fraction of sp³-hybridized carbons (Fsp3) is 0. The van der Waals surface area contributed by atoms with E-state index in [2.05, 4.69) is 4.99 Å². The van der Waals surface area contributed by atoms with Crippen molar-refractivity contribution < 1.29 is 17.8 Å². The third kappa shape index (κ3) is 2.24. The Hall–Kier alpha value is -2.01. The van der Waals surface area contributed by atoms with Crippen LogP contribution in [0.5, 0.6) is 0 Å². The summed E-state index contributed by atoms with van der Waals surface area (Å²) in [6.07, 6.45) is 1.40. The first-order valence-electron chi connectivity index (χ1n) is 4.60. The minimum absolute atomic E-state index is 0.170. The fourth-order valence-corrected chi connectivity index (χ4v) is 2.30. The van der Waals surface area contributed by atoms with Crippen LogP contribution >= 0.6 is 0 Å². The van der Waals surface area contributed by atoms with Crippen molar-refractivity contribution >= 4 is 32.7 Å². The van der Waals surface area contributed by atoms with Crippen LogP contribution in [-0.4, -0.2) is 19.1 Å². The maximum Gasteiger partial charge on any atom is 0.295 e. The summed E-state index contributed by atoms with van der Waals surface area (Å²) in [5, 5.41) is 0.941. The summed E-state index contributed by atoms with van der Waals surface area (Å²) >= 11 is 0. The van der Waals surface area contributed by atoms with E-state index in [9.17, 15) is 13.2 Å². The van der Waals surface area contributed by atoms with E-state index in [1.807, 2.05) is 0 Å². The van der Waals surface area contributed by atoms with Crippen LogP contribution in [-0.2, 0) is 14.9 Å². The molecule has 0 amide bonds. The van der Waals surface area contributed by atoms with Crippen molar-refractivity contribution in [2.24, 2.45) is 4.99 Å². The van der Waals surface area contributed by atoms with E-state index in [4.69, 9.17) is 4.55 Å². The van der Waals surface area contributed by atoms with Gasteiger partial charge in [0.05, 0.1) is 5.69 Å². The highest BCUT2D eigenvalue weighted by Crippen LogP contribution is 2.26. The van der Waals surface area contributed by atoms with Gasteiger partial charge in [-0.1, -0.05) is 18.2 Å². The lowest BCUT2D eigenvalue weighted by molar-refractivity contribution is 0.484. The average molecular weight is 249 g/mol. The van der Waals surface area contributed by atoms with Gasteiger partial charge in [0.1, 0.15) is 4.90 Å². The Morgan fingerprint density at radius 3 is 2.59 bits per heavy atom. The van der Waals surface area contributed by atoms with Crippen molar-refractivity contribution in [3.05, 3.63) is 36.4 Å². The van der Waals surface area contributed by atoms with Gasteiger partial charge in [0.15, 0.2) is 0 Å². The summed E-state index contributed by atoms with van der Waals surface area (Å²) < 4.78 is 31.3. The van der Waals surface area contributed by atoms with Crippen LogP contribution in [0.3, 0.4) is 0 Å². The molecule has 0 atom stereocenters. The number of benzene rings is 2. The van der Waals surface area contributed by atoms with Gasteiger partial charge >= 0.3 is 0 Å². The van der Waals surface area contributed by atoms with Crippen LogP contribution < -0.4 is 0 Å². The second kappa shape index (κ2) is 4.10. The van der Waals surface area contributed by atoms with Gasteiger partial charge in [0.2, 0.25) is 6.08 Å². The standard InChI is InChI=1S/C11H7NO4S/c13-7-12-9-4-5-10-8(6-9)2-1-3-11(10)17(14,15)16/h1-6H,(H,14,15,16). The molecule has 0 fully saturated rings. The zero-order chi connectivity index (χ0) is 12.5. The Bertz CT molecular complexity index is 730. The van der Waals surface area contributed by atoms with Gasteiger partial charge in [-0.05, 0) is 23.6 Å². The number of carbonyl (C=O) groups excluding carboxylic acids is 1. The van der Waals surface area contributed by atoms with Gasteiger partial charge in [-0.3, -0.25) is 4.55 Å². The van der Waals surface area contributed by atoms with Crippen molar-refractivity contribution in [1.82, 2.24) is 0 Å². The number of fused-ring (bicyclic) bond motifs is 1. The molecule has 0 unspecified atom stereocenters. The van der Waals surface area contributed by atoms with Crippen LogP contribution in [0.25, 0.3) is 10.8 Å². The molecule has 0 saturated carbocycles. The van der Waals surface area contributed by atoms with E-state index in [1.54, 1.807) is 6.07 Å². The molecule has 0 aliphatic rings. The van der Waals surface area contributed by atoms with Crippen molar-refractivity contribution in [2.75, 3.05) is 0 Å². The van der Waals surface area contributed by atoms with Gasteiger partial charge in [-0.15, -0.1) is 0 Å². The summed E-state index contributed by atoms with van der Waals surface area (Å²) in [6.45, 7) is 0. The van der Waals surface area contributed by atoms with E-state index in [-0.39, 0.29) is 4.90 Å². The lowest BCUT2D eigenvalue weighted by Gasteiger charge is -2.03. The Balaban J connectivity index is 2.80. The molecule has 0 saturated heterocycles. The lowest BCUT2D eigenvalue weighted by Crippen LogP contribution is -1.98. The van der Waals surface area contributed by atoms with Gasteiger partial charge in [-0.2, -0.15) is 13.4 Å². The number of hydrogen-bond donors (Lipinski definition) is 1. The van der Waals surface area contributed by atoms with Crippen molar-refractivity contribution in [1.29, 1.82) is 0 Å². The largest absolute Gasteiger partial charge is 0.295 e. The molecular weight excluding hydrogens is 242 g/mol. The Morgan fingerprint density at radius 2 is 1.94 bits per heavy atom. The zero-order valence-electron chi connectivity index (χ0n) is 8.49. The molecule has 2 aromatic carbocycles. The summed E-state index contributed by atoms with van der Waals surface area (Å²) in [5.74, 6) is 0. The highest BCUT2D eigenvalue weighted by Gasteiger charge is 2.13. The molecule has 1 N–H and O–H groups in total. The number of rotatable bonds is 2. The van der Waals surface area contributed by atoms with Crippen LogP contribution in [0, 0.1) is 0 Å². The number of hydrogen-bond acceptors (Lipinski definition) is 4. The predicted molar refractivity (Wildman–Crippen MR) is 61.5 cm³/mol. The molecule has 0 aliphatic heterocycles. The van der Waals surface area contributed by atoms with E-state index in [0.717, 1.165) is 0 Å². The maximum atomic E-state index is 11.1. The van der Waals surface area contributed by atoms with E-state index in [0.29, 0.717) is 16.5 Å². The van der Waals surface area contributed by atoms with Crippen LogP contribution in [0.4, 0.5) is 5.69 Å². The second-order valence-corrected chi connectivity index (χ2v) is 4.73. The van der Waals surface area contributed by atoms with Gasteiger partial charge in [-0.25, -0.2) is 4.79 Å². The normalized spacial score (nSPS) is 11.1. The molecule has 86 valence electrons. The summed E-state index contributed by atoms with van der Waals surface area (Å²) in [7, 11) is -4.26. The monoisotopic (exact) mass is 249 g/mol. The van der Waals surface area contributed by atoms with E-state index >= 15 is 0 Å². The third-order valence-electron chi connectivity index (χ3n) is 2.28. The topological polar surface area (TPSA) is 83.8 Å². The zero-order valence-corrected chi connectivity index (χ0v) is 9.31. The van der Waals surface area contributed by atoms with Gasteiger partial charge in [0, 0.05) is 5.39 Å². The molecular formula is C11H7NO4S. The molecule has 2 aromatic rings. The number of aliphatic imine (C=N–C) groups is 1. The summed E-state index contributed by atoms with van der Waals surface area (Å²) in [4.78, 5) is 13.4. The maximum absolute atomic E-state index is 11.1. The minimum atomic E-state index is -4.26. The quantitative estimate of drug-likeness (QED) is 0.501. The lowest BCUT2D eigenvalue weighted by atomic mass is 10.1. The molecule has 0 aromatic heterocycles. The van der Waals surface area contributed by atoms with Gasteiger partial charge < -0.3 is 0 Å². The smallest absolute Gasteiger partial charge is 0.282 e. The highest BCUT2D eigenvalue weighted by atomic mass is 32.2. The minimum Gasteiger partial charge on any atom is -0.282 e. The van der Waals surface area contributed by atoms with Crippen molar-refractivity contribution in [2.45, 2.75) is 4.90 Å². The molecule has 0 bridgehead atoms. The second-order valence-electron chi connectivity index (χ2n) is 3.34. The molecule has 0 heterocycles. The molecule has 6 heteroatoms. The molecule has 17 heavy (non-hydrogen) atoms. The summed E-state index contributed by atoms with van der Waals surface area (Å²) in [5.41, 5.74) is 0.375. The first-order chi connectivity index (χ1) is 8.02. The van der Waals surface area contributed by atoms with E-state index < -0.39 is 10.1 Å². The predicted octanol–water partition coefficient (Wildman–Crippen LogP) is 2.05. The number of nitrogens with zero attached hydrogens (tertiary/aromatic N) is 1. The SMILES string of the molecule is O=C=Nc1ccc2c(S(=O)(=O)O)cccc2c1. The first kappa shape index (κ1) is 11.5. The number of isocyanates is 1. The Labute approximate surface area is 97.2 Å². The van der Waals surface area contributed by atoms with E-state index in [1.165, 1.54) is 36.4 Å². The summed E-state index contributed by atoms with van der Waals surface area (Å²) in [6, 6.07) is 8.96. The molecule has 0 spiro atoms. The molecule has 2 rings (SSSR count). The average Bonchev–Trinajstić information content (AvgIpc) is 2.27. The van der Waals surface area contributed by atoms with Crippen LogP contribution in [0.2, 0.25) is 0 Å². The first-order valence-corrected chi connectivity index (χ1v) is 6.04. The third-order valence-corrected chi connectivity index (χ3v) is 3.19.